The van der Waals surface area contributed by atoms with E-state index in [0.29, 0.717) is 10.7 Å². The first kappa shape index (κ1) is 12.4. The largest absolute Gasteiger partial charge is 0.300 e. The molecule has 0 aromatic heterocycles. The van der Waals surface area contributed by atoms with Gasteiger partial charge in [0.1, 0.15) is 0 Å². The van der Waals surface area contributed by atoms with Crippen LogP contribution < -0.4 is 10.7 Å². The number of hydrogen-bond donors (Lipinski definition) is 2. The van der Waals surface area contributed by atoms with Crippen molar-refractivity contribution >= 4 is 38.8 Å². The molecule has 4 nitrogen and oxygen atoms in total. The lowest BCUT2D eigenvalue weighted by molar-refractivity contribution is 0.0978. The van der Waals surface area contributed by atoms with Crippen LogP contribution in [0.25, 0.3) is 0 Å². The van der Waals surface area contributed by atoms with Crippen molar-refractivity contribution in [3.8, 4) is 0 Å². The van der Waals surface area contributed by atoms with Gasteiger partial charge in [-0.15, -0.1) is 0 Å². The first-order valence-electron chi connectivity index (χ1n) is 5.26. The Hall–Kier alpha value is -1.01. The van der Waals surface area contributed by atoms with Crippen molar-refractivity contribution in [3.63, 3.8) is 0 Å². The smallest absolute Gasteiger partial charge is 0.257 e. The Kier molecular flexibility index (Phi) is 4.06. The fourth-order valence-corrected chi connectivity index (χ4v) is 2.38. The molecule has 0 aliphatic carbocycles. The highest BCUT2D eigenvalue weighted by Crippen LogP contribution is 2.18. The molecule has 1 unspecified atom stereocenters. The molecule has 1 aromatic carbocycles. The second kappa shape index (κ2) is 5.55. The normalized spacial score (nSPS) is 18.5. The molecule has 0 saturated heterocycles. The van der Waals surface area contributed by atoms with Gasteiger partial charge < -0.3 is 0 Å². The van der Waals surface area contributed by atoms with Crippen LogP contribution in [-0.2, 0) is 0 Å². The maximum absolute atomic E-state index is 11.9. The number of amidine groups is 1. The van der Waals surface area contributed by atoms with Gasteiger partial charge in [-0.1, -0.05) is 34.6 Å². The number of nitrogens with zero attached hydrogens (tertiary/aromatic N) is 1. The second-order valence-electron chi connectivity index (χ2n) is 3.52. The summed E-state index contributed by atoms with van der Waals surface area (Å²) in [6.45, 7) is 2.07. The third-order valence-electron chi connectivity index (χ3n) is 2.26. The highest BCUT2D eigenvalue weighted by Gasteiger charge is 2.19. The third-order valence-corrected chi connectivity index (χ3v) is 3.93. The number of halogens is 1. The van der Waals surface area contributed by atoms with E-state index in [1.165, 1.54) is 11.8 Å². The number of hydrazone groups is 1. The highest BCUT2D eigenvalue weighted by atomic mass is 79.9. The van der Waals surface area contributed by atoms with E-state index < -0.39 is 0 Å². The van der Waals surface area contributed by atoms with Gasteiger partial charge in [0.05, 0.1) is 5.37 Å². The van der Waals surface area contributed by atoms with Crippen LogP contribution in [0.4, 0.5) is 0 Å². The summed E-state index contributed by atoms with van der Waals surface area (Å²) in [5.74, 6) is -0.137. The molecule has 1 heterocycles. The monoisotopic (exact) mass is 313 g/mol. The Morgan fingerprint density at radius 3 is 2.82 bits per heavy atom. The third kappa shape index (κ3) is 3.23. The van der Waals surface area contributed by atoms with Gasteiger partial charge in [-0.25, -0.2) is 0 Å². The topological polar surface area (TPSA) is 53.5 Å². The standard InChI is InChI=1S/C11H12BrN3OS/c1-2-9-14-15-11(17-9)13-10(16)7-3-5-8(12)6-4-7/h3-6,9,14H,2H2,1H3,(H,13,15,16). The van der Waals surface area contributed by atoms with E-state index in [2.05, 4.69) is 38.7 Å². The fourth-order valence-electron chi connectivity index (χ4n) is 1.32. The van der Waals surface area contributed by atoms with Gasteiger partial charge >= 0.3 is 0 Å². The van der Waals surface area contributed by atoms with Crippen LogP contribution in [0.1, 0.15) is 23.7 Å². The molecule has 1 atom stereocenters. The fraction of sp³-hybridized carbons (Fsp3) is 0.273. The zero-order valence-electron chi connectivity index (χ0n) is 9.24. The lowest BCUT2D eigenvalue weighted by Gasteiger charge is -2.05. The van der Waals surface area contributed by atoms with Crippen molar-refractivity contribution in [1.29, 1.82) is 0 Å². The number of amides is 1. The number of hydrogen-bond acceptors (Lipinski definition) is 4. The molecule has 1 aliphatic rings. The summed E-state index contributed by atoms with van der Waals surface area (Å²) >= 11 is 4.86. The van der Waals surface area contributed by atoms with Crippen molar-refractivity contribution in [2.75, 3.05) is 0 Å². The second-order valence-corrected chi connectivity index (χ2v) is 5.63. The van der Waals surface area contributed by atoms with E-state index in [4.69, 9.17) is 0 Å². The number of carbonyl (C=O) groups excluding carboxylic acids is 1. The zero-order valence-corrected chi connectivity index (χ0v) is 11.6. The summed E-state index contributed by atoms with van der Waals surface area (Å²) < 4.78 is 0.953. The first-order valence-corrected chi connectivity index (χ1v) is 6.93. The molecule has 90 valence electrons. The minimum Gasteiger partial charge on any atom is -0.300 e. The van der Waals surface area contributed by atoms with E-state index in [0.717, 1.165) is 10.9 Å². The zero-order chi connectivity index (χ0) is 12.3. The van der Waals surface area contributed by atoms with Crippen LogP contribution in [0.15, 0.2) is 33.8 Å². The Labute approximate surface area is 112 Å². The van der Waals surface area contributed by atoms with Crippen molar-refractivity contribution in [2.24, 2.45) is 5.10 Å². The van der Waals surface area contributed by atoms with Gasteiger partial charge in [0.2, 0.25) is 0 Å². The van der Waals surface area contributed by atoms with E-state index in [-0.39, 0.29) is 11.3 Å². The van der Waals surface area contributed by atoms with Crippen LogP contribution in [0.5, 0.6) is 0 Å². The average Bonchev–Trinajstić information content (AvgIpc) is 2.77. The summed E-state index contributed by atoms with van der Waals surface area (Å²) in [7, 11) is 0. The number of nitrogens with one attached hydrogen (secondary N) is 2. The van der Waals surface area contributed by atoms with Crippen molar-refractivity contribution in [1.82, 2.24) is 10.7 Å². The van der Waals surface area contributed by atoms with Crippen LogP contribution in [-0.4, -0.2) is 16.4 Å². The minimum absolute atomic E-state index is 0.137. The van der Waals surface area contributed by atoms with E-state index in [1.54, 1.807) is 12.1 Å². The number of rotatable bonds is 2. The first-order chi connectivity index (χ1) is 8.19. The van der Waals surface area contributed by atoms with Gasteiger partial charge in [0, 0.05) is 10.0 Å². The molecule has 0 fully saturated rings. The predicted octanol–water partition coefficient (Wildman–Crippen LogP) is 2.52. The summed E-state index contributed by atoms with van der Waals surface area (Å²) in [5.41, 5.74) is 3.57. The number of carbonyl (C=O) groups is 1. The van der Waals surface area contributed by atoms with Crippen molar-refractivity contribution < 1.29 is 4.79 Å². The Bertz CT molecular complexity index is 447. The average molecular weight is 314 g/mol. The Morgan fingerprint density at radius 2 is 2.24 bits per heavy atom. The van der Waals surface area contributed by atoms with Crippen LogP contribution >= 0.6 is 27.7 Å². The highest BCUT2D eigenvalue weighted by molar-refractivity contribution is 9.10. The summed E-state index contributed by atoms with van der Waals surface area (Å²) in [4.78, 5) is 11.9. The molecule has 17 heavy (non-hydrogen) atoms. The molecule has 0 bridgehead atoms. The Balaban J connectivity index is 1.96. The van der Waals surface area contributed by atoms with E-state index >= 15 is 0 Å². The van der Waals surface area contributed by atoms with Gasteiger partial charge in [-0.05, 0) is 30.7 Å². The molecular formula is C11H12BrN3OS. The molecule has 2 rings (SSSR count). The van der Waals surface area contributed by atoms with Crippen LogP contribution in [0.2, 0.25) is 0 Å². The lowest BCUT2D eigenvalue weighted by Crippen LogP contribution is -2.27. The minimum atomic E-state index is -0.137. The molecule has 0 spiro atoms. The van der Waals surface area contributed by atoms with Gasteiger partial charge in [-0.2, -0.15) is 5.10 Å². The molecule has 1 aromatic rings. The van der Waals surface area contributed by atoms with Gasteiger partial charge in [0.15, 0.2) is 5.17 Å². The van der Waals surface area contributed by atoms with Crippen molar-refractivity contribution in [3.05, 3.63) is 34.3 Å². The van der Waals surface area contributed by atoms with E-state index in [9.17, 15) is 4.79 Å². The molecule has 2 N–H and O–H groups in total. The van der Waals surface area contributed by atoms with Crippen LogP contribution in [0.3, 0.4) is 0 Å². The summed E-state index contributed by atoms with van der Waals surface area (Å²) in [6.07, 6.45) is 0.964. The predicted molar refractivity (Wildman–Crippen MR) is 73.8 cm³/mol. The quantitative estimate of drug-likeness (QED) is 0.882. The lowest BCUT2D eigenvalue weighted by atomic mass is 10.2. The molecule has 6 heteroatoms. The molecule has 0 saturated carbocycles. The maximum atomic E-state index is 11.9. The van der Waals surface area contributed by atoms with Crippen molar-refractivity contribution in [2.45, 2.75) is 18.7 Å². The maximum Gasteiger partial charge on any atom is 0.257 e. The van der Waals surface area contributed by atoms with Crippen LogP contribution in [0, 0.1) is 0 Å². The number of benzene rings is 1. The Morgan fingerprint density at radius 1 is 1.53 bits per heavy atom. The molecule has 1 amide bonds. The SMILES string of the molecule is CCC1NN=C(NC(=O)c2ccc(Br)cc2)S1. The molecule has 1 aliphatic heterocycles. The van der Waals surface area contributed by atoms with Gasteiger partial charge in [0.25, 0.3) is 5.91 Å². The summed E-state index contributed by atoms with van der Waals surface area (Å²) in [5, 5.41) is 7.72. The van der Waals surface area contributed by atoms with E-state index in [1.807, 2.05) is 12.1 Å². The summed E-state index contributed by atoms with van der Waals surface area (Å²) in [6, 6.07) is 7.21. The number of thioether (sulfide) groups is 1. The van der Waals surface area contributed by atoms with Gasteiger partial charge in [-0.3, -0.25) is 15.5 Å². The molecule has 0 radical (unpaired) electrons. The molecular weight excluding hydrogens is 302 g/mol.